The predicted molar refractivity (Wildman–Crippen MR) is 62.7 cm³/mol. The first-order chi connectivity index (χ1) is 8.93. The highest BCUT2D eigenvalue weighted by Crippen LogP contribution is 2.32. The fourth-order valence-electron chi connectivity index (χ4n) is 1.99. The van der Waals surface area contributed by atoms with Crippen molar-refractivity contribution in [2.24, 2.45) is 5.73 Å². The molecule has 0 saturated carbocycles. The van der Waals surface area contributed by atoms with Crippen molar-refractivity contribution in [3.63, 3.8) is 0 Å². The molecule has 2 rings (SSSR count). The molecule has 1 fully saturated rings. The van der Waals surface area contributed by atoms with Gasteiger partial charge in [0, 0.05) is 5.69 Å². The maximum Gasteiger partial charge on any atom is 0.416 e. The summed E-state index contributed by atoms with van der Waals surface area (Å²) in [7, 11) is 0. The summed E-state index contributed by atoms with van der Waals surface area (Å²) in [5, 5.41) is 0. The topological polar surface area (TPSA) is 55.6 Å². The highest BCUT2D eigenvalue weighted by molar-refractivity contribution is 5.90. The van der Waals surface area contributed by atoms with Crippen molar-refractivity contribution in [1.82, 2.24) is 0 Å². The van der Waals surface area contributed by atoms with Crippen LogP contribution in [0.5, 0.6) is 0 Å². The summed E-state index contributed by atoms with van der Waals surface area (Å²) < 4.78 is 42.2. The molecule has 0 spiro atoms. The van der Waals surface area contributed by atoms with Gasteiger partial charge in [-0.3, -0.25) is 4.90 Å². The lowest BCUT2D eigenvalue weighted by Gasteiger charge is -2.21. The lowest BCUT2D eigenvalue weighted by Crippen LogP contribution is -2.34. The zero-order valence-corrected chi connectivity index (χ0v) is 9.98. The van der Waals surface area contributed by atoms with Crippen LogP contribution in [-0.2, 0) is 10.9 Å². The maximum atomic E-state index is 12.4. The van der Waals surface area contributed by atoms with Gasteiger partial charge in [-0.2, -0.15) is 13.2 Å². The van der Waals surface area contributed by atoms with Gasteiger partial charge in [0.05, 0.1) is 11.6 Å². The highest BCUT2D eigenvalue weighted by atomic mass is 19.4. The van der Waals surface area contributed by atoms with Gasteiger partial charge in [-0.15, -0.1) is 0 Å². The number of amides is 1. The van der Waals surface area contributed by atoms with Crippen molar-refractivity contribution in [2.45, 2.75) is 18.6 Å². The molecule has 0 aromatic heterocycles. The molecule has 0 aliphatic carbocycles. The monoisotopic (exact) mass is 274 g/mol. The molecule has 1 aliphatic heterocycles. The van der Waals surface area contributed by atoms with Crippen molar-refractivity contribution in [3.05, 3.63) is 29.8 Å². The van der Waals surface area contributed by atoms with Gasteiger partial charge in [-0.05, 0) is 37.2 Å². The van der Waals surface area contributed by atoms with Crippen LogP contribution in [0.15, 0.2) is 24.3 Å². The molecule has 0 bridgehead atoms. The van der Waals surface area contributed by atoms with Gasteiger partial charge in [0.2, 0.25) is 0 Å². The first-order valence-electron chi connectivity index (χ1n) is 5.77. The molecular weight excluding hydrogens is 261 g/mol. The van der Waals surface area contributed by atoms with Crippen molar-refractivity contribution in [1.29, 1.82) is 0 Å². The van der Waals surface area contributed by atoms with E-state index in [9.17, 15) is 18.0 Å². The van der Waals surface area contributed by atoms with Crippen LogP contribution in [0.1, 0.15) is 12.0 Å². The van der Waals surface area contributed by atoms with E-state index in [1.54, 1.807) is 0 Å². The largest absolute Gasteiger partial charge is 0.447 e. The van der Waals surface area contributed by atoms with Crippen molar-refractivity contribution >= 4 is 11.8 Å². The summed E-state index contributed by atoms with van der Waals surface area (Å²) in [6.07, 6.45) is -4.41. The molecule has 1 amide bonds. The number of cyclic esters (lactones) is 1. The third-order valence-corrected chi connectivity index (χ3v) is 2.93. The molecule has 104 valence electrons. The second-order valence-electron chi connectivity index (χ2n) is 4.22. The van der Waals surface area contributed by atoms with Gasteiger partial charge in [-0.25, -0.2) is 4.79 Å². The highest BCUT2D eigenvalue weighted by Gasteiger charge is 2.35. The number of rotatable bonds is 3. The quantitative estimate of drug-likeness (QED) is 0.920. The Kier molecular flexibility index (Phi) is 3.66. The van der Waals surface area contributed by atoms with E-state index in [-0.39, 0.29) is 12.6 Å². The zero-order valence-electron chi connectivity index (χ0n) is 9.98. The number of carbonyl (C=O) groups is 1. The lowest BCUT2D eigenvalue weighted by atomic mass is 10.1. The summed E-state index contributed by atoms with van der Waals surface area (Å²) in [4.78, 5) is 12.9. The Balaban J connectivity index is 2.23. The molecule has 1 aromatic carbocycles. The maximum absolute atomic E-state index is 12.4. The molecular formula is C12H13F3N2O2. The van der Waals surface area contributed by atoms with Gasteiger partial charge < -0.3 is 10.5 Å². The van der Waals surface area contributed by atoms with Gasteiger partial charge in [0.15, 0.2) is 0 Å². The Morgan fingerprint density at radius 2 is 1.95 bits per heavy atom. The Morgan fingerprint density at radius 1 is 1.32 bits per heavy atom. The number of alkyl halides is 3. The third-order valence-electron chi connectivity index (χ3n) is 2.93. The Morgan fingerprint density at radius 3 is 2.47 bits per heavy atom. The predicted octanol–water partition coefficient (Wildman–Crippen LogP) is 2.38. The molecule has 2 N–H and O–H groups in total. The third kappa shape index (κ3) is 2.81. The van der Waals surface area contributed by atoms with Gasteiger partial charge in [-0.1, -0.05) is 0 Å². The second-order valence-corrected chi connectivity index (χ2v) is 4.22. The average molecular weight is 274 g/mol. The molecule has 1 saturated heterocycles. The number of nitrogens with zero attached hydrogens (tertiary/aromatic N) is 1. The van der Waals surface area contributed by atoms with Crippen LogP contribution in [0.25, 0.3) is 0 Å². The van der Waals surface area contributed by atoms with Gasteiger partial charge in [0.25, 0.3) is 0 Å². The summed E-state index contributed by atoms with van der Waals surface area (Å²) in [5.41, 5.74) is 5.07. The number of benzene rings is 1. The smallest absolute Gasteiger partial charge is 0.416 e. The van der Waals surface area contributed by atoms with E-state index in [4.69, 9.17) is 10.5 Å². The number of hydrogen-bond donors (Lipinski definition) is 1. The second kappa shape index (κ2) is 5.08. The number of carbonyl (C=O) groups excluding carboxylic acids is 1. The molecule has 1 aliphatic rings. The SMILES string of the molecule is NCCC1COC(=O)N1c1ccc(C(F)(F)F)cc1. The molecule has 1 aromatic rings. The molecule has 7 heteroatoms. The van der Waals surface area contributed by atoms with E-state index >= 15 is 0 Å². The summed E-state index contributed by atoms with van der Waals surface area (Å²) in [6, 6.07) is 4.19. The minimum absolute atomic E-state index is 0.205. The molecule has 1 atom stereocenters. The number of hydrogen-bond acceptors (Lipinski definition) is 3. The van der Waals surface area contributed by atoms with Crippen LogP contribution in [0.4, 0.5) is 23.7 Å². The summed E-state index contributed by atoms with van der Waals surface area (Å²) in [5.74, 6) is 0. The number of halogens is 3. The van der Waals surface area contributed by atoms with Gasteiger partial charge in [0.1, 0.15) is 6.61 Å². The first-order valence-corrected chi connectivity index (χ1v) is 5.77. The van der Waals surface area contributed by atoms with E-state index in [1.165, 1.54) is 17.0 Å². The van der Waals surface area contributed by atoms with E-state index in [0.717, 1.165) is 12.1 Å². The summed E-state index contributed by atoms with van der Waals surface area (Å²) >= 11 is 0. The van der Waals surface area contributed by atoms with Crippen LogP contribution < -0.4 is 10.6 Å². The number of ether oxygens (including phenoxy) is 1. The van der Waals surface area contributed by atoms with Crippen LogP contribution in [0.3, 0.4) is 0 Å². The summed E-state index contributed by atoms with van der Waals surface area (Å²) in [6.45, 7) is 0.579. The van der Waals surface area contributed by atoms with E-state index in [1.807, 2.05) is 0 Å². The van der Waals surface area contributed by atoms with Crippen molar-refractivity contribution < 1.29 is 22.7 Å². The minimum Gasteiger partial charge on any atom is -0.447 e. The van der Waals surface area contributed by atoms with Crippen molar-refractivity contribution in [2.75, 3.05) is 18.1 Å². The molecule has 1 heterocycles. The number of nitrogens with two attached hydrogens (primary N) is 1. The van der Waals surface area contributed by atoms with Crippen LogP contribution in [-0.4, -0.2) is 25.3 Å². The van der Waals surface area contributed by atoms with E-state index in [2.05, 4.69) is 0 Å². The normalized spacial score (nSPS) is 19.7. The number of anilines is 1. The fraction of sp³-hybridized carbons (Fsp3) is 0.417. The lowest BCUT2D eigenvalue weighted by molar-refractivity contribution is -0.137. The van der Waals surface area contributed by atoms with Crippen LogP contribution >= 0.6 is 0 Å². The molecule has 0 radical (unpaired) electrons. The van der Waals surface area contributed by atoms with Crippen molar-refractivity contribution in [3.8, 4) is 0 Å². The average Bonchev–Trinajstić information content (AvgIpc) is 2.70. The molecule has 1 unspecified atom stereocenters. The van der Waals surface area contributed by atoms with Crippen LogP contribution in [0.2, 0.25) is 0 Å². The zero-order chi connectivity index (χ0) is 14.0. The Labute approximate surface area is 107 Å². The standard InChI is InChI=1S/C12H13F3N2O2/c13-12(14,15)8-1-3-9(4-2-8)17-10(5-6-16)7-19-11(17)18/h1-4,10H,5-7,16H2. The Hall–Kier alpha value is -1.76. The molecule has 4 nitrogen and oxygen atoms in total. The Bertz CT molecular complexity index is 459. The fourth-order valence-corrected chi connectivity index (χ4v) is 1.99. The first kappa shape index (κ1) is 13.7. The van der Waals surface area contributed by atoms with E-state index in [0.29, 0.717) is 18.7 Å². The van der Waals surface area contributed by atoms with E-state index < -0.39 is 17.8 Å². The molecule has 19 heavy (non-hydrogen) atoms. The van der Waals surface area contributed by atoms with Crippen LogP contribution in [0, 0.1) is 0 Å². The minimum atomic E-state index is -4.39. The van der Waals surface area contributed by atoms with Gasteiger partial charge >= 0.3 is 12.3 Å².